The summed E-state index contributed by atoms with van der Waals surface area (Å²) in [7, 11) is 0. The molecule has 0 aliphatic heterocycles. The van der Waals surface area contributed by atoms with Crippen molar-refractivity contribution in [2.24, 2.45) is 5.73 Å². The van der Waals surface area contributed by atoms with Crippen molar-refractivity contribution < 1.29 is 14.3 Å². The Morgan fingerprint density at radius 3 is 2.81 bits per heavy atom. The monoisotopic (exact) mass is 287 g/mol. The summed E-state index contributed by atoms with van der Waals surface area (Å²) in [5.74, 6) is -0.0885. The fraction of sp³-hybridized carbons (Fsp3) is 0.267. The molecule has 1 aromatic heterocycles. The molecule has 110 valence electrons. The molecule has 6 heteroatoms. The van der Waals surface area contributed by atoms with Gasteiger partial charge in [-0.1, -0.05) is 13.3 Å². The van der Waals surface area contributed by atoms with Crippen LogP contribution < -0.4 is 11.1 Å². The molecule has 0 saturated carbocycles. The van der Waals surface area contributed by atoms with Crippen LogP contribution in [0, 0.1) is 0 Å². The fourth-order valence-corrected chi connectivity index (χ4v) is 1.80. The molecule has 0 bridgehead atoms. The lowest BCUT2D eigenvalue weighted by Crippen LogP contribution is -2.15. The highest BCUT2D eigenvalue weighted by atomic mass is 16.5. The van der Waals surface area contributed by atoms with Crippen LogP contribution in [0.25, 0.3) is 10.9 Å². The lowest BCUT2D eigenvalue weighted by molar-refractivity contribution is 0.100. The predicted octanol–water partition coefficient (Wildman–Crippen LogP) is 2.68. The Morgan fingerprint density at radius 2 is 2.10 bits per heavy atom. The van der Waals surface area contributed by atoms with Gasteiger partial charge in [0, 0.05) is 10.9 Å². The van der Waals surface area contributed by atoms with Crippen molar-refractivity contribution in [3.05, 3.63) is 35.9 Å². The molecule has 6 nitrogen and oxygen atoms in total. The van der Waals surface area contributed by atoms with Crippen molar-refractivity contribution in [2.75, 3.05) is 11.9 Å². The van der Waals surface area contributed by atoms with E-state index >= 15 is 0 Å². The number of hydrogen-bond acceptors (Lipinski definition) is 4. The summed E-state index contributed by atoms with van der Waals surface area (Å²) < 4.78 is 5.00. The number of carbonyl (C=O) groups is 2. The molecule has 0 saturated heterocycles. The molecule has 0 spiro atoms. The number of amides is 2. The molecule has 2 rings (SSSR count). The smallest absolute Gasteiger partial charge is 0.412 e. The van der Waals surface area contributed by atoms with E-state index in [1.165, 1.54) is 0 Å². The first kappa shape index (κ1) is 14.8. The van der Waals surface area contributed by atoms with Gasteiger partial charge in [0.05, 0.1) is 12.1 Å². The molecule has 0 fully saturated rings. The van der Waals surface area contributed by atoms with Gasteiger partial charge >= 0.3 is 6.09 Å². The number of fused-ring (bicyclic) bond motifs is 1. The van der Waals surface area contributed by atoms with E-state index in [0.29, 0.717) is 23.5 Å². The van der Waals surface area contributed by atoms with E-state index in [-0.39, 0.29) is 0 Å². The molecule has 0 aliphatic rings. The normalized spacial score (nSPS) is 10.3. The van der Waals surface area contributed by atoms with Crippen molar-refractivity contribution in [1.82, 2.24) is 4.98 Å². The molecular weight excluding hydrogens is 270 g/mol. The van der Waals surface area contributed by atoms with Crippen LogP contribution in [0.5, 0.6) is 0 Å². The minimum atomic E-state index is -0.524. The van der Waals surface area contributed by atoms with Crippen molar-refractivity contribution in [1.29, 1.82) is 0 Å². The Balaban J connectivity index is 2.10. The first-order chi connectivity index (χ1) is 10.1. The topological polar surface area (TPSA) is 94.3 Å². The third-order valence-corrected chi connectivity index (χ3v) is 2.93. The number of anilines is 1. The maximum absolute atomic E-state index is 11.5. The van der Waals surface area contributed by atoms with Gasteiger partial charge in [-0.3, -0.25) is 10.1 Å². The second-order valence-electron chi connectivity index (χ2n) is 4.58. The minimum Gasteiger partial charge on any atom is -0.449 e. The van der Waals surface area contributed by atoms with Crippen LogP contribution in [0.3, 0.4) is 0 Å². The van der Waals surface area contributed by atoms with Gasteiger partial charge < -0.3 is 10.5 Å². The molecular formula is C15H17N3O3. The quantitative estimate of drug-likeness (QED) is 0.826. The van der Waals surface area contributed by atoms with E-state index in [1.54, 1.807) is 30.3 Å². The van der Waals surface area contributed by atoms with Crippen LogP contribution in [0.15, 0.2) is 30.3 Å². The second kappa shape index (κ2) is 6.69. The highest BCUT2D eigenvalue weighted by Gasteiger charge is 2.06. The Morgan fingerprint density at radius 1 is 1.29 bits per heavy atom. The molecule has 1 aromatic carbocycles. The molecule has 21 heavy (non-hydrogen) atoms. The van der Waals surface area contributed by atoms with Gasteiger partial charge in [0.1, 0.15) is 5.82 Å². The number of rotatable bonds is 5. The van der Waals surface area contributed by atoms with Crippen molar-refractivity contribution >= 4 is 28.7 Å². The summed E-state index contributed by atoms with van der Waals surface area (Å²) in [6.45, 7) is 2.41. The van der Waals surface area contributed by atoms with Gasteiger partial charge in [-0.25, -0.2) is 9.78 Å². The van der Waals surface area contributed by atoms with Crippen LogP contribution in [-0.4, -0.2) is 23.6 Å². The fourth-order valence-electron chi connectivity index (χ4n) is 1.80. The zero-order chi connectivity index (χ0) is 15.2. The number of aromatic nitrogens is 1. The van der Waals surface area contributed by atoms with Crippen molar-refractivity contribution in [2.45, 2.75) is 19.8 Å². The standard InChI is InChI=1S/C15H17N3O3/c1-2-3-8-21-15(20)18-13-7-5-10-9-11(14(16)19)4-6-12(10)17-13/h4-7,9H,2-3,8H2,1H3,(H2,16,19)(H,17,18,20). The van der Waals surface area contributed by atoms with E-state index in [0.717, 1.165) is 18.2 Å². The SMILES string of the molecule is CCCCOC(=O)Nc1ccc2cc(C(N)=O)ccc2n1. The number of ether oxygens (including phenoxy) is 1. The molecule has 2 aromatic rings. The Labute approximate surface area is 122 Å². The summed E-state index contributed by atoms with van der Waals surface area (Å²) in [6, 6.07) is 8.35. The summed E-state index contributed by atoms with van der Waals surface area (Å²) >= 11 is 0. The number of pyridine rings is 1. The predicted molar refractivity (Wildman–Crippen MR) is 80.1 cm³/mol. The van der Waals surface area contributed by atoms with E-state index in [9.17, 15) is 9.59 Å². The Kier molecular flexibility index (Phi) is 4.71. The highest BCUT2D eigenvalue weighted by Crippen LogP contribution is 2.17. The zero-order valence-corrected chi connectivity index (χ0v) is 11.8. The van der Waals surface area contributed by atoms with Crippen LogP contribution in [0.4, 0.5) is 10.6 Å². The van der Waals surface area contributed by atoms with Gasteiger partial charge in [-0.15, -0.1) is 0 Å². The zero-order valence-electron chi connectivity index (χ0n) is 11.8. The first-order valence-electron chi connectivity index (χ1n) is 6.74. The Bertz CT molecular complexity index is 670. The first-order valence-corrected chi connectivity index (χ1v) is 6.74. The minimum absolute atomic E-state index is 0.387. The van der Waals surface area contributed by atoms with E-state index < -0.39 is 12.0 Å². The van der Waals surface area contributed by atoms with Gasteiger partial charge in [-0.05, 0) is 36.8 Å². The van der Waals surface area contributed by atoms with Gasteiger partial charge in [-0.2, -0.15) is 0 Å². The number of nitrogens with two attached hydrogens (primary N) is 1. The van der Waals surface area contributed by atoms with Gasteiger partial charge in [0.25, 0.3) is 0 Å². The molecule has 3 N–H and O–H groups in total. The number of carbonyl (C=O) groups excluding carboxylic acids is 2. The number of hydrogen-bond donors (Lipinski definition) is 2. The maximum atomic E-state index is 11.5. The summed E-state index contributed by atoms with van der Waals surface area (Å²) in [5, 5.41) is 3.34. The average Bonchev–Trinajstić information content (AvgIpc) is 2.46. The second-order valence-corrected chi connectivity index (χ2v) is 4.58. The average molecular weight is 287 g/mol. The number of primary amides is 1. The van der Waals surface area contributed by atoms with Crippen LogP contribution in [0.1, 0.15) is 30.1 Å². The van der Waals surface area contributed by atoms with Crippen molar-refractivity contribution in [3.63, 3.8) is 0 Å². The number of nitrogens with zero attached hydrogens (tertiary/aromatic N) is 1. The third kappa shape index (κ3) is 3.92. The molecule has 0 atom stereocenters. The summed E-state index contributed by atoms with van der Waals surface area (Å²) in [5.41, 5.74) is 6.30. The molecule has 0 unspecified atom stereocenters. The summed E-state index contributed by atoms with van der Waals surface area (Å²) in [4.78, 5) is 26.9. The van der Waals surface area contributed by atoms with Gasteiger partial charge in [0.2, 0.25) is 5.91 Å². The van der Waals surface area contributed by atoms with E-state index in [4.69, 9.17) is 10.5 Å². The van der Waals surface area contributed by atoms with Crippen LogP contribution in [0.2, 0.25) is 0 Å². The summed E-state index contributed by atoms with van der Waals surface area (Å²) in [6.07, 6.45) is 1.27. The number of benzene rings is 1. The Hall–Kier alpha value is -2.63. The molecule has 1 heterocycles. The molecule has 2 amide bonds. The van der Waals surface area contributed by atoms with Crippen LogP contribution in [-0.2, 0) is 4.74 Å². The molecule has 0 radical (unpaired) electrons. The van der Waals surface area contributed by atoms with E-state index in [2.05, 4.69) is 10.3 Å². The maximum Gasteiger partial charge on any atom is 0.412 e. The van der Waals surface area contributed by atoms with Crippen LogP contribution >= 0.6 is 0 Å². The van der Waals surface area contributed by atoms with Crippen molar-refractivity contribution in [3.8, 4) is 0 Å². The third-order valence-electron chi connectivity index (χ3n) is 2.93. The van der Waals surface area contributed by atoms with Gasteiger partial charge in [0.15, 0.2) is 0 Å². The van der Waals surface area contributed by atoms with E-state index in [1.807, 2.05) is 6.92 Å². The number of nitrogens with one attached hydrogen (secondary N) is 1. The lowest BCUT2D eigenvalue weighted by Gasteiger charge is -2.07. The largest absolute Gasteiger partial charge is 0.449 e. The number of unbranched alkanes of at least 4 members (excludes halogenated alkanes) is 1. The molecule has 0 aliphatic carbocycles. The highest BCUT2D eigenvalue weighted by molar-refractivity contribution is 5.97. The lowest BCUT2D eigenvalue weighted by atomic mass is 10.1.